The number of ether oxygens (including phenoxy) is 2. The van der Waals surface area contributed by atoms with Gasteiger partial charge in [0.15, 0.2) is 6.73 Å². The van der Waals surface area contributed by atoms with Crippen molar-refractivity contribution < 1.29 is 9.47 Å². The van der Waals surface area contributed by atoms with Crippen molar-refractivity contribution in [3.05, 3.63) is 46.1 Å². The molecule has 1 aromatic carbocycles. The Balaban J connectivity index is 1.50. The van der Waals surface area contributed by atoms with Crippen molar-refractivity contribution >= 4 is 23.1 Å². The smallest absolute Gasteiger partial charge is 0.159 e. The van der Waals surface area contributed by atoms with E-state index in [1.807, 2.05) is 36.7 Å². The fourth-order valence-corrected chi connectivity index (χ4v) is 2.77. The highest BCUT2D eigenvalue weighted by molar-refractivity contribution is 7.09. The first-order valence-corrected chi connectivity index (χ1v) is 7.39. The first-order valence-electron chi connectivity index (χ1n) is 6.51. The molecule has 1 aliphatic rings. The number of fused-ring (bicyclic) bond motifs is 1. The van der Waals surface area contributed by atoms with E-state index in [9.17, 15) is 0 Å². The molecule has 104 valence electrons. The molecule has 0 radical (unpaired) electrons. The second-order valence-electron chi connectivity index (χ2n) is 4.51. The molecule has 0 amide bonds. The molecule has 5 heteroatoms. The number of anilines is 1. The van der Waals surface area contributed by atoms with Crippen molar-refractivity contribution in [1.29, 1.82) is 0 Å². The normalized spacial score (nSPS) is 13.1. The standard InChI is InChI=1S/C15H16N2O2S/c1-11-15(20-10-17-11)5-7-18-6-4-12-2-3-13-14(8-12)19-9-16-13/h2-4,6,8,10,16H,5,7,9H2,1H3. The maximum atomic E-state index is 5.53. The highest BCUT2D eigenvalue weighted by atomic mass is 32.1. The van der Waals surface area contributed by atoms with Crippen LogP contribution >= 0.6 is 11.3 Å². The second kappa shape index (κ2) is 5.96. The number of rotatable bonds is 5. The minimum atomic E-state index is 0.549. The summed E-state index contributed by atoms with van der Waals surface area (Å²) in [6.45, 7) is 3.25. The van der Waals surface area contributed by atoms with E-state index < -0.39 is 0 Å². The summed E-state index contributed by atoms with van der Waals surface area (Å²) in [6.07, 6.45) is 4.58. The summed E-state index contributed by atoms with van der Waals surface area (Å²) in [6, 6.07) is 6.05. The number of hydrogen-bond donors (Lipinski definition) is 1. The summed E-state index contributed by atoms with van der Waals surface area (Å²) in [5.74, 6) is 0.896. The second-order valence-corrected chi connectivity index (χ2v) is 5.44. The third-order valence-corrected chi connectivity index (χ3v) is 4.14. The first-order chi connectivity index (χ1) is 9.83. The van der Waals surface area contributed by atoms with Gasteiger partial charge in [-0.2, -0.15) is 0 Å². The van der Waals surface area contributed by atoms with E-state index in [1.54, 1.807) is 17.6 Å². The van der Waals surface area contributed by atoms with E-state index in [-0.39, 0.29) is 0 Å². The Morgan fingerprint density at radius 1 is 1.50 bits per heavy atom. The van der Waals surface area contributed by atoms with Crippen LogP contribution in [0.3, 0.4) is 0 Å². The van der Waals surface area contributed by atoms with Crippen LogP contribution in [0.5, 0.6) is 5.75 Å². The molecule has 2 heterocycles. The third-order valence-electron chi connectivity index (χ3n) is 3.14. The van der Waals surface area contributed by atoms with Gasteiger partial charge in [0.05, 0.1) is 29.8 Å². The van der Waals surface area contributed by atoms with E-state index in [1.165, 1.54) is 4.88 Å². The van der Waals surface area contributed by atoms with Gasteiger partial charge in [0.2, 0.25) is 0 Å². The summed E-state index contributed by atoms with van der Waals surface area (Å²) >= 11 is 1.68. The van der Waals surface area contributed by atoms with Crippen molar-refractivity contribution in [2.45, 2.75) is 13.3 Å². The van der Waals surface area contributed by atoms with Crippen LogP contribution in [-0.2, 0) is 11.2 Å². The van der Waals surface area contributed by atoms with Crippen molar-refractivity contribution in [3.8, 4) is 5.75 Å². The van der Waals surface area contributed by atoms with Gasteiger partial charge >= 0.3 is 0 Å². The van der Waals surface area contributed by atoms with E-state index in [0.29, 0.717) is 13.3 Å². The van der Waals surface area contributed by atoms with Crippen LogP contribution < -0.4 is 10.1 Å². The number of nitrogens with one attached hydrogen (secondary N) is 1. The van der Waals surface area contributed by atoms with E-state index >= 15 is 0 Å². The molecule has 20 heavy (non-hydrogen) atoms. The maximum Gasteiger partial charge on any atom is 0.159 e. The highest BCUT2D eigenvalue weighted by Gasteiger charge is 2.09. The molecule has 1 N–H and O–H groups in total. The predicted molar refractivity (Wildman–Crippen MR) is 81.1 cm³/mol. The zero-order valence-electron chi connectivity index (χ0n) is 11.3. The minimum Gasteiger partial charge on any atom is -0.501 e. The minimum absolute atomic E-state index is 0.549. The first kappa shape index (κ1) is 13.0. The summed E-state index contributed by atoms with van der Waals surface area (Å²) < 4.78 is 11.0. The third kappa shape index (κ3) is 2.93. The molecule has 2 aromatic rings. The van der Waals surface area contributed by atoms with Gasteiger partial charge < -0.3 is 14.8 Å². The summed E-state index contributed by atoms with van der Waals surface area (Å²) in [7, 11) is 0. The topological polar surface area (TPSA) is 43.4 Å². The van der Waals surface area contributed by atoms with Crippen molar-refractivity contribution in [1.82, 2.24) is 4.98 Å². The molecule has 0 saturated carbocycles. The number of thiazole rings is 1. The molecule has 0 spiro atoms. The predicted octanol–water partition coefficient (Wildman–Crippen LogP) is 3.44. The lowest BCUT2D eigenvalue weighted by atomic mass is 10.2. The average molecular weight is 288 g/mol. The van der Waals surface area contributed by atoms with Crippen LogP contribution in [0, 0.1) is 6.92 Å². The molecule has 0 bridgehead atoms. The van der Waals surface area contributed by atoms with Gasteiger partial charge in [-0.3, -0.25) is 0 Å². The zero-order chi connectivity index (χ0) is 13.8. The van der Waals surface area contributed by atoms with Gasteiger partial charge in [-0.1, -0.05) is 6.07 Å². The Hall–Kier alpha value is -2.01. The van der Waals surface area contributed by atoms with Gasteiger partial charge in [-0.05, 0) is 30.7 Å². The Morgan fingerprint density at radius 3 is 3.30 bits per heavy atom. The Morgan fingerprint density at radius 2 is 2.45 bits per heavy atom. The van der Waals surface area contributed by atoms with Crippen LogP contribution in [0.25, 0.3) is 6.08 Å². The summed E-state index contributed by atoms with van der Waals surface area (Å²) in [4.78, 5) is 5.51. The Kier molecular flexibility index (Phi) is 3.87. The molecule has 0 atom stereocenters. The van der Waals surface area contributed by atoms with Crippen molar-refractivity contribution in [3.63, 3.8) is 0 Å². The molecular weight excluding hydrogens is 272 g/mol. The van der Waals surface area contributed by atoms with Gasteiger partial charge in [0.25, 0.3) is 0 Å². The van der Waals surface area contributed by atoms with Crippen LogP contribution in [0.2, 0.25) is 0 Å². The molecule has 1 aliphatic heterocycles. The fourth-order valence-electron chi connectivity index (χ4n) is 2.01. The lowest BCUT2D eigenvalue weighted by molar-refractivity contribution is 0.257. The van der Waals surface area contributed by atoms with Crippen molar-refractivity contribution in [2.24, 2.45) is 0 Å². The summed E-state index contributed by atoms with van der Waals surface area (Å²) in [5, 5.41) is 3.14. The lowest BCUT2D eigenvalue weighted by Gasteiger charge is -2.01. The molecular formula is C15H16N2O2S. The zero-order valence-corrected chi connectivity index (χ0v) is 12.1. The monoisotopic (exact) mass is 288 g/mol. The molecule has 0 fully saturated rings. The Labute approximate surface area is 122 Å². The van der Waals surface area contributed by atoms with E-state index in [4.69, 9.17) is 9.47 Å². The van der Waals surface area contributed by atoms with Crippen LogP contribution in [-0.4, -0.2) is 18.3 Å². The molecule has 0 aliphatic carbocycles. The van der Waals surface area contributed by atoms with Gasteiger partial charge in [-0.15, -0.1) is 11.3 Å². The van der Waals surface area contributed by atoms with Gasteiger partial charge in [0.1, 0.15) is 5.75 Å². The largest absolute Gasteiger partial charge is 0.501 e. The lowest BCUT2D eigenvalue weighted by Crippen LogP contribution is -1.96. The van der Waals surface area contributed by atoms with Crippen LogP contribution in [0.4, 0.5) is 5.69 Å². The molecule has 1 aromatic heterocycles. The number of nitrogens with zero attached hydrogens (tertiary/aromatic N) is 1. The number of benzene rings is 1. The molecule has 0 saturated heterocycles. The SMILES string of the molecule is Cc1ncsc1CCOC=Cc1ccc2c(c1)OCN2. The summed E-state index contributed by atoms with van der Waals surface area (Å²) in [5.41, 5.74) is 5.09. The number of aromatic nitrogens is 1. The molecule has 0 unspecified atom stereocenters. The Bertz CT molecular complexity index is 622. The maximum absolute atomic E-state index is 5.53. The highest BCUT2D eigenvalue weighted by Crippen LogP contribution is 2.30. The molecule has 3 rings (SSSR count). The average Bonchev–Trinajstić information content (AvgIpc) is 3.07. The van der Waals surface area contributed by atoms with Crippen molar-refractivity contribution in [2.75, 3.05) is 18.7 Å². The number of aryl methyl sites for hydroxylation is 1. The van der Waals surface area contributed by atoms with Gasteiger partial charge in [-0.25, -0.2) is 4.98 Å². The van der Waals surface area contributed by atoms with Gasteiger partial charge in [0, 0.05) is 11.3 Å². The quantitative estimate of drug-likeness (QED) is 0.676. The molecule has 4 nitrogen and oxygen atoms in total. The van der Waals surface area contributed by atoms with Crippen LogP contribution in [0.1, 0.15) is 16.1 Å². The number of hydrogen-bond acceptors (Lipinski definition) is 5. The van der Waals surface area contributed by atoms with E-state index in [0.717, 1.165) is 29.1 Å². The fraction of sp³-hybridized carbons (Fsp3) is 0.267. The van der Waals surface area contributed by atoms with Crippen LogP contribution in [0.15, 0.2) is 30.0 Å². The van der Waals surface area contributed by atoms with E-state index in [2.05, 4.69) is 10.3 Å².